The highest BCUT2D eigenvalue weighted by Gasteiger charge is 2.63. The van der Waals surface area contributed by atoms with Gasteiger partial charge in [0.05, 0.1) is 37.9 Å². The van der Waals surface area contributed by atoms with Crippen molar-refractivity contribution < 1.29 is 18.9 Å². The topological polar surface area (TPSA) is 60.7 Å². The second-order valence-electron chi connectivity index (χ2n) is 6.28. The van der Waals surface area contributed by atoms with E-state index in [0.29, 0.717) is 45.2 Å². The largest absolute Gasteiger partial charge is 0.347 e. The van der Waals surface area contributed by atoms with Crippen LogP contribution in [0.2, 0.25) is 0 Å². The fraction of sp³-hybridized carbons (Fsp3) is 0.929. The van der Waals surface area contributed by atoms with Crippen molar-refractivity contribution in [2.75, 3.05) is 26.4 Å². The number of rotatable bonds is 0. The van der Waals surface area contributed by atoms with Crippen molar-refractivity contribution in [3.8, 4) is 6.07 Å². The highest BCUT2D eigenvalue weighted by molar-refractivity contribution is 5.16. The van der Waals surface area contributed by atoms with Gasteiger partial charge in [0.25, 0.3) is 0 Å². The lowest BCUT2D eigenvalue weighted by Crippen LogP contribution is -2.44. The molecule has 4 fully saturated rings. The Balaban J connectivity index is 1.64. The van der Waals surface area contributed by atoms with Crippen LogP contribution in [0.4, 0.5) is 0 Å². The molecular formula is C14H19NO4. The Morgan fingerprint density at radius 3 is 2.11 bits per heavy atom. The third-order valence-corrected chi connectivity index (χ3v) is 5.23. The molecule has 4 rings (SSSR count). The van der Waals surface area contributed by atoms with Gasteiger partial charge in [-0.3, -0.25) is 0 Å². The molecule has 2 atom stereocenters. The lowest BCUT2D eigenvalue weighted by atomic mass is 9.67. The van der Waals surface area contributed by atoms with E-state index in [1.165, 1.54) is 0 Å². The average Bonchev–Trinajstić information content (AvgIpc) is 3.11. The normalized spacial score (nSPS) is 42.6. The van der Waals surface area contributed by atoms with Gasteiger partial charge in [-0.15, -0.1) is 0 Å². The quantitative estimate of drug-likeness (QED) is 0.665. The summed E-state index contributed by atoms with van der Waals surface area (Å²) in [5.74, 6) is -0.685. The highest BCUT2D eigenvalue weighted by Crippen LogP contribution is 2.61. The van der Waals surface area contributed by atoms with Crippen LogP contribution in [0.1, 0.15) is 32.1 Å². The van der Waals surface area contributed by atoms with Crippen LogP contribution in [0.3, 0.4) is 0 Å². The van der Waals surface area contributed by atoms with E-state index in [0.717, 1.165) is 19.3 Å². The summed E-state index contributed by atoms with van der Waals surface area (Å²) >= 11 is 0. The first-order chi connectivity index (χ1) is 9.20. The zero-order chi connectivity index (χ0) is 13.0. The molecule has 5 nitrogen and oxygen atoms in total. The lowest BCUT2D eigenvalue weighted by Gasteiger charge is -2.42. The van der Waals surface area contributed by atoms with Crippen molar-refractivity contribution >= 4 is 0 Å². The van der Waals surface area contributed by atoms with Crippen LogP contribution in [-0.4, -0.2) is 38.0 Å². The van der Waals surface area contributed by atoms with E-state index in [9.17, 15) is 5.26 Å². The number of nitrogens with zero attached hydrogens (tertiary/aromatic N) is 1. The SMILES string of the molecule is N#C[C@]12CC3(CC[C@@H]1CC1(C2)OCCO1)OCCO3. The Labute approximate surface area is 112 Å². The van der Waals surface area contributed by atoms with E-state index in [1.54, 1.807) is 0 Å². The van der Waals surface area contributed by atoms with Crippen LogP contribution < -0.4 is 0 Å². The summed E-state index contributed by atoms with van der Waals surface area (Å²) in [6.07, 6.45) is 4.02. The molecule has 2 saturated heterocycles. The maximum atomic E-state index is 9.77. The van der Waals surface area contributed by atoms with E-state index in [4.69, 9.17) is 18.9 Å². The molecule has 104 valence electrons. The molecule has 2 spiro atoms. The summed E-state index contributed by atoms with van der Waals surface area (Å²) in [5.41, 5.74) is -0.410. The van der Waals surface area contributed by atoms with Crippen molar-refractivity contribution in [1.29, 1.82) is 5.26 Å². The van der Waals surface area contributed by atoms with Crippen LogP contribution in [0.25, 0.3) is 0 Å². The maximum absolute atomic E-state index is 9.77. The number of hydrogen-bond donors (Lipinski definition) is 0. The minimum atomic E-state index is -0.517. The van der Waals surface area contributed by atoms with Gasteiger partial charge < -0.3 is 18.9 Å². The van der Waals surface area contributed by atoms with Gasteiger partial charge in [0.2, 0.25) is 0 Å². The van der Waals surface area contributed by atoms with E-state index < -0.39 is 17.0 Å². The molecule has 0 N–H and O–H groups in total. The molecule has 2 heterocycles. The Kier molecular flexibility index (Phi) is 2.50. The third kappa shape index (κ3) is 1.67. The van der Waals surface area contributed by atoms with Crippen molar-refractivity contribution in [3.63, 3.8) is 0 Å². The van der Waals surface area contributed by atoms with Gasteiger partial charge >= 0.3 is 0 Å². The van der Waals surface area contributed by atoms with Crippen LogP contribution in [0.5, 0.6) is 0 Å². The van der Waals surface area contributed by atoms with E-state index in [1.807, 2.05) is 0 Å². The fourth-order valence-electron chi connectivity index (χ4n) is 4.45. The predicted molar refractivity (Wildman–Crippen MR) is 63.9 cm³/mol. The number of fused-ring (bicyclic) bond motifs is 1. The van der Waals surface area contributed by atoms with E-state index >= 15 is 0 Å². The summed E-state index contributed by atoms with van der Waals surface area (Å²) in [7, 11) is 0. The zero-order valence-corrected chi connectivity index (χ0v) is 11.0. The summed E-state index contributed by atoms with van der Waals surface area (Å²) in [5, 5.41) is 9.77. The van der Waals surface area contributed by atoms with Gasteiger partial charge in [-0.05, 0) is 12.3 Å². The molecule has 0 amide bonds. The molecule has 0 radical (unpaired) electrons. The summed E-state index contributed by atoms with van der Waals surface area (Å²) < 4.78 is 23.3. The van der Waals surface area contributed by atoms with Crippen LogP contribution in [0.15, 0.2) is 0 Å². The summed E-state index contributed by atoms with van der Waals surface area (Å²) in [6, 6.07) is 2.56. The minimum absolute atomic E-state index is 0.342. The first kappa shape index (κ1) is 12.1. The molecule has 5 heteroatoms. The Morgan fingerprint density at radius 2 is 1.47 bits per heavy atom. The molecule has 2 saturated carbocycles. The van der Waals surface area contributed by atoms with Crippen molar-refractivity contribution in [2.45, 2.75) is 43.7 Å². The van der Waals surface area contributed by atoms with Gasteiger partial charge in [0.15, 0.2) is 11.6 Å². The van der Waals surface area contributed by atoms with E-state index in [-0.39, 0.29) is 0 Å². The molecule has 2 aliphatic carbocycles. The Morgan fingerprint density at radius 1 is 0.895 bits per heavy atom. The summed E-state index contributed by atoms with van der Waals surface area (Å²) in [4.78, 5) is 0. The molecule has 0 unspecified atom stereocenters. The number of nitriles is 1. The number of hydrogen-bond acceptors (Lipinski definition) is 5. The smallest absolute Gasteiger partial charge is 0.170 e. The molecule has 4 aliphatic rings. The molecule has 0 bridgehead atoms. The minimum Gasteiger partial charge on any atom is -0.347 e. The average molecular weight is 265 g/mol. The van der Waals surface area contributed by atoms with Crippen molar-refractivity contribution in [1.82, 2.24) is 0 Å². The Bertz CT molecular complexity index is 410. The molecule has 19 heavy (non-hydrogen) atoms. The highest BCUT2D eigenvalue weighted by atomic mass is 16.7. The molecular weight excluding hydrogens is 246 g/mol. The Hall–Kier alpha value is -0.670. The maximum Gasteiger partial charge on any atom is 0.170 e. The van der Waals surface area contributed by atoms with Gasteiger partial charge in [-0.25, -0.2) is 0 Å². The lowest BCUT2D eigenvalue weighted by molar-refractivity contribution is -0.203. The second-order valence-corrected chi connectivity index (χ2v) is 6.28. The van der Waals surface area contributed by atoms with Crippen molar-refractivity contribution in [3.05, 3.63) is 0 Å². The molecule has 0 aromatic rings. The van der Waals surface area contributed by atoms with Gasteiger partial charge in [0.1, 0.15) is 0 Å². The molecule has 0 aromatic carbocycles. The third-order valence-electron chi connectivity index (χ3n) is 5.23. The second kappa shape index (κ2) is 3.92. The van der Waals surface area contributed by atoms with Gasteiger partial charge in [-0.2, -0.15) is 5.26 Å². The first-order valence-corrected chi connectivity index (χ1v) is 7.17. The van der Waals surface area contributed by atoms with Crippen molar-refractivity contribution in [2.24, 2.45) is 11.3 Å². The van der Waals surface area contributed by atoms with Gasteiger partial charge in [0, 0.05) is 25.7 Å². The van der Waals surface area contributed by atoms with Crippen LogP contribution in [0, 0.1) is 22.7 Å². The van der Waals surface area contributed by atoms with Crippen LogP contribution >= 0.6 is 0 Å². The first-order valence-electron chi connectivity index (χ1n) is 7.17. The standard InChI is InChI=1S/C14H19NO4/c15-10-12-8-13(16-3-4-17-13)2-1-11(12)7-14(9-12)18-5-6-19-14/h11H,1-9H2/t11-,12-/m1/s1. The number of ether oxygens (including phenoxy) is 4. The monoisotopic (exact) mass is 265 g/mol. The predicted octanol–water partition coefficient (Wildman–Crippen LogP) is 1.58. The molecule has 0 aromatic heterocycles. The fourth-order valence-corrected chi connectivity index (χ4v) is 4.45. The molecule has 2 aliphatic heterocycles. The zero-order valence-electron chi connectivity index (χ0n) is 11.0. The van der Waals surface area contributed by atoms with E-state index in [2.05, 4.69) is 6.07 Å². The van der Waals surface area contributed by atoms with Crippen LogP contribution in [-0.2, 0) is 18.9 Å². The van der Waals surface area contributed by atoms with Gasteiger partial charge in [-0.1, -0.05) is 0 Å². The summed E-state index contributed by atoms with van der Waals surface area (Å²) in [6.45, 7) is 2.58.